The number of benzene rings is 2. The molecule has 2 heterocycles. The first-order valence-electron chi connectivity index (χ1n) is 11.5. The van der Waals surface area contributed by atoms with E-state index in [0.29, 0.717) is 50.6 Å². The summed E-state index contributed by atoms with van der Waals surface area (Å²) >= 11 is 2.38. The fourth-order valence-corrected chi connectivity index (χ4v) is 5.36. The van der Waals surface area contributed by atoms with Crippen LogP contribution in [0.4, 0.5) is 24.0 Å². The molecule has 0 spiro atoms. The van der Waals surface area contributed by atoms with E-state index in [1.54, 1.807) is 18.2 Å². The van der Waals surface area contributed by atoms with E-state index in [0.717, 1.165) is 32.0 Å². The normalized spacial score (nSPS) is 15.5. The van der Waals surface area contributed by atoms with Crippen LogP contribution in [0, 0.1) is 17.1 Å². The quantitative estimate of drug-likeness (QED) is 0.253. The fraction of sp³-hybridized carbons (Fsp3) is 0.400. The van der Waals surface area contributed by atoms with Crippen molar-refractivity contribution in [1.82, 2.24) is 9.88 Å². The van der Waals surface area contributed by atoms with Crippen molar-refractivity contribution in [1.29, 1.82) is 5.26 Å². The average molecular weight is 552 g/mol. The number of nitriles is 1. The minimum atomic E-state index is -2.65. The zero-order valence-corrected chi connectivity index (χ0v) is 22.1. The van der Waals surface area contributed by atoms with Crippen molar-refractivity contribution >= 4 is 50.6 Å². The van der Waals surface area contributed by atoms with Crippen molar-refractivity contribution in [2.75, 3.05) is 30.6 Å². The molecule has 0 saturated carbocycles. The number of thiazole rings is 1. The third kappa shape index (κ3) is 8.33. The molecule has 3 aromatic rings. The molecule has 2 aromatic carbocycles. The first-order valence-corrected chi connectivity index (χ1v) is 13.1. The van der Waals surface area contributed by atoms with Gasteiger partial charge in [0.25, 0.3) is 0 Å². The third-order valence-corrected chi connectivity index (χ3v) is 7.67. The van der Waals surface area contributed by atoms with Crippen molar-refractivity contribution < 1.29 is 23.1 Å². The molecule has 1 aromatic heterocycles. The van der Waals surface area contributed by atoms with E-state index >= 15 is 0 Å². The highest BCUT2D eigenvalue weighted by molar-refractivity contribution is 8.00. The Morgan fingerprint density at radius 3 is 2.68 bits per heavy atom. The summed E-state index contributed by atoms with van der Waals surface area (Å²) in [6, 6.07) is 9.49. The van der Waals surface area contributed by atoms with Crippen molar-refractivity contribution in [3.05, 3.63) is 47.3 Å². The van der Waals surface area contributed by atoms with Crippen molar-refractivity contribution in [3.63, 3.8) is 0 Å². The number of hydrogen-bond acceptors (Lipinski definition) is 9. The first-order chi connectivity index (χ1) is 17.4. The second-order valence-corrected chi connectivity index (χ2v) is 11.0. The molecule has 198 valence electrons. The molecule has 1 aliphatic heterocycles. The van der Waals surface area contributed by atoms with Crippen LogP contribution in [0.3, 0.4) is 0 Å². The Hall–Kier alpha value is -2.85. The van der Waals surface area contributed by atoms with Gasteiger partial charge in [-0.15, -0.1) is 0 Å². The molecule has 0 radical (unpaired) electrons. The average Bonchev–Trinajstić information content (AvgIpc) is 3.23. The third-order valence-electron chi connectivity index (χ3n) is 5.97. The molecular weight excluding hydrogens is 523 g/mol. The van der Waals surface area contributed by atoms with E-state index in [4.69, 9.17) is 11.0 Å². The largest absolute Gasteiger partial charge is 0.390 e. The van der Waals surface area contributed by atoms with Gasteiger partial charge in [-0.2, -0.15) is 5.26 Å². The molecule has 0 aliphatic carbocycles. The van der Waals surface area contributed by atoms with Crippen molar-refractivity contribution in [2.24, 2.45) is 0 Å². The zero-order valence-electron chi connectivity index (χ0n) is 20.4. The number of aliphatic hydroxyl groups is 1. The van der Waals surface area contributed by atoms with E-state index < -0.39 is 11.5 Å². The van der Waals surface area contributed by atoms with Gasteiger partial charge in [0.2, 0.25) is 5.92 Å². The van der Waals surface area contributed by atoms with E-state index in [1.807, 2.05) is 13.1 Å². The Labute approximate surface area is 221 Å². The van der Waals surface area contributed by atoms with Gasteiger partial charge in [0.1, 0.15) is 5.82 Å². The van der Waals surface area contributed by atoms with Crippen LogP contribution < -0.4 is 10.5 Å². The second-order valence-electron chi connectivity index (χ2n) is 9.14. The van der Waals surface area contributed by atoms with E-state index in [1.165, 1.54) is 23.5 Å². The molecule has 1 fully saturated rings. The minimum absolute atomic E-state index is 0.213. The van der Waals surface area contributed by atoms with Gasteiger partial charge in [0.05, 0.1) is 32.3 Å². The summed E-state index contributed by atoms with van der Waals surface area (Å²) in [5.41, 5.74) is 6.66. The van der Waals surface area contributed by atoms with Gasteiger partial charge in [0, 0.05) is 30.8 Å². The summed E-state index contributed by atoms with van der Waals surface area (Å²) in [7, 11) is 1.98. The van der Waals surface area contributed by atoms with Gasteiger partial charge in [-0.25, -0.2) is 18.2 Å². The molecule has 37 heavy (non-hydrogen) atoms. The number of nitrogen functional groups attached to an aromatic ring is 1. The summed E-state index contributed by atoms with van der Waals surface area (Å²) in [6.45, 7) is 2.50. The van der Waals surface area contributed by atoms with Gasteiger partial charge in [-0.05, 0) is 75.5 Å². The standard InChI is InChI=1S/C15H9FN4OS2.C10H19F2NO/c16-10-4-12-14(19-15(18)22-12)13(5-10)23-20-11-2-1-8(7-21)9(3-11)6-17;1-9(11,12)3-4-10(14)5-7-13(2)8-6-10/h1-5,7,20H,(H2,18,19);14H,3-8H2,1-2H3. The van der Waals surface area contributed by atoms with Crippen LogP contribution in [-0.4, -0.2) is 52.9 Å². The first kappa shape index (κ1) is 28.7. The molecule has 0 amide bonds. The number of nitrogens with one attached hydrogen (secondary N) is 1. The lowest BCUT2D eigenvalue weighted by Crippen LogP contribution is -2.43. The van der Waals surface area contributed by atoms with Crippen LogP contribution >= 0.6 is 23.3 Å². The van der Waals surface area contributed by atoms with Gasteiger partial charge in [0.15, 0.2) is 11.4 Å². The molecule has 12 heteroatoms. The van der Waals surface area contributed by atoms with Crippen molar-refractivity contribution in [3.8, 4) is 6.07 Å². The lowest BCUT2D eigenvalue weighted by molar-refractivity contribution is -0.0576. The van der Waals surface area contributed by atoms with Gasteiger partial charge >= 0.3 is 0 Å². The number of aromatic nitrogens is 1. The summed E-state index contributed by atoms with van der Waals surface area (Å²) < 4.78 is 42.6. The second kappa shape index (κ2) is 12.1. The number of hydrogen-bond donors (Lipinski definition) is 3. The van der Waals surface area contributed by atoms with Crippen LogP contribution in [0.15, 0.2) is 35.2 Å². The number of nitrogens with two attached hydrogens (primary N) is 1. The summed E-state index contributed by atoms with van der Waals surface area (Å²) in [4.78, 5) is 17.7. The number of rotatable bonds is 7. The lowest BCUT2D eigenvalue weighted by Gasteiger charge is -2.37. The Kier molecular flexibility index (Phi) is 9.41. The number of anilines is 2. The molecule has 7 nitrogen and oxygen atoms in total. The van der Waals surface area contributed by atoms with Crippen LogP contribution in [-0.2, 0) is 0 Å². The number of fused-ring (bicyclic) bond motifs is 1. The summed E-state index contributed by atoms with van der Waals surface area (Å²) in [5, 5.41) is 19.4. The highest BCUT2D eigenvalue weighted by Gasteiger charge is 2.34. The summed E-state index contributed by atoms with van der Waals surface area (Å²) in [5.74, 6) is -3.03. The molecule has 1 aliphatic rings. The topological polar surface area (TPSA) is 115 Å². The van der Waals surface area contributed by atoms with Crippen LogP contribution in [0.2, 0.25) is 0 Å². The predicted molar refractivity (Wildman–Crippen MR) is 142 cm³/mol. The van der Waals surface area contributed by atoms with Gasteiger partial charge < -0.3 is 20.5 Å². The number of aldehydes is 1. The van der Waals surface area contributed by atoms with Gasteiger partial charge in [-0.1, -0.05) is 11.3 Å². The van der Waals surface area contributed by atoms with E-state index in [9.17, 15) is 23.1 Å². The minimum Gasteiger partial charge on any atom is -0.390 e. The zero-order chi connectivity index (χ0) is 27.2. The van der Waals surface area contributed by atoms with Gasteiger partial charge in [-0.3, -0.25) is 4.79 Å². The molecule has 1 saturated heterocycles. The Morgan fingerprint density at radius 1 is 1.35 bits per heavy atom. The number of carbonyl (C=O) groups is 1. The van der Waals surface area contributed by atoms with E-state index in [-0.39, 0.29) is 24.2 Å². The highest BCUT2D eigenvalue weighted by Crippen LogP contribution is 2.34. The number of piperidine rings is 1. The number of carbonyl (C=O) groups excluding carboxylic acids is 1. The Balaban J connectivity index is 0.000000233. The highest BCUT2D eigenvalue weighted by atomic mass is 32.2. The van der Waals surface area contributed by atoms with Crippen LogP contribution in [0.5, 0.6) is 0 Å². The fourth-order valence-electron chi connectivity index (χ4n) is 3.73. The maximum atomic E-state index is 13.7. The lowest BCUT2D eigenvalue weighted by atomic mass is 9.86. The number of nitrogens with zero attached hydrogens (tertiary/aromatic N) is 3. The Bertz CT molecular complexity index is 1280. The molecular formula is C25H28F3N5O2S2. The number of halogens is 3. The summed E-state index contributed by atoms with van der Waals surface area (Å²) in [6.07, 6.45) is 1.85. The molecule has 0 bridgehead atoms. The monoisotopic (exact) mass is 551 g/mol. The predicted octanol–water partition coefficient (Wildman–Crippen LogP) is 5.70. The van der Waals surface area contributed by atoms with E-state index in [2.05, 4.69) is 14.6 Å². The molecule has 0 atom stereocenters. The smallest absolute Gasteiger partial charge is 0.245 e. The maximum absolute atomic E-state index is 13.7. The molecule has 4 rings (SSSR count). The number of likely N-dealkylation sites (tertiary alicyclic amines) is 1. The SMILES string of the molecule is CN1CCC(O)(CCC(C)(F)F)CC1.N#Cc1cc(NSc2cc(F)cc3sc(N)nc23)ccc1C=O. The van der Waals surface area contributed by atoms with Crippen molar-refractivity contribution in [2.45, 2.75) is 49.0 Å². The molecule has 0 unspecified atom stereocenters. The van der Waals surface area contributed by atoms with Crippen LogP contribution in [0.25, 0.3) is 10.2 Å². The van der Waals surface area contributed by atoms with Crippen LogP contribution in [0.1, 0.15) is 48.5 Å². The molecule has 4 N–H and O–H groups in total. The maximum Gasteiger partial charge on any atom is 0.245 e. The Morgan fingerprint density at radius 2 is 2.05 bits per heavy atom. The number of alkyl halides is 2.